The van der Waals surface area contributed by atoms with Crippen molar-refractivity contribution in [3.63, 3.8) is 0 Å². The number of primary amides is 1. The lowest BCUT2D eigenvalue weighted by molar-refractivity contribution is -0.117. The highest BCUT2D eigenvalue weighted by atomic mass is 16.3. The van der Waals surface area contributed by atoms with Crippen molar-refractivity contribution in [2.45, 2.75) is 6.04 Å². The van der Waals surface area contributed by atoms with E-state index in [0.717, 1.165) is 5.56 Å². The molecule has 1 aromatic rings. The van der Waals surface area contributed by atoms with Gasteiger partial charge in [-0.25, -0.2) is 0 Å². The molecule has 19 heavy (non-hydrogen) atoms. The molecule has 1 aromatic carbocycles. The molecule has 0 bridgehead atoms. The molecule has 0 spiro atoms. The normalized spacial score (nSPS) is 10.9. The Morgan fingerprint density at radius 3 is 2.26 bits per heavy atom. The summed E-state index contributed by atoms with van der Waals surface area (Å²) in [5.74, 6) is -0.936. The van der Waals surface area contributed by atoms with Crippen molar-refractivity contribution in [1.82, 2.24) is 5.32 Å². The number of hydrogen-bond acceptors (Lipinski definition) is 4. The smallest absolute Gasteiger partial charge is 0.248 e. The van der Waals surface area contributed by atoms with Crippen LogP contribution in [0, 0.1) is 0 Å². The largest absolute Gasteiger partial charge is 0.394 e. The number of hydrogen-bond donors (Lipinski definition) is 4. The lowest BCUT2D eigenvalue weighted by atomic mass is 10.1. The highest BCUT2D eigenvalue weighted by Crippen LogP contribution is 2.05. The molecule has 0 fully saturated rings. The molecule has 0 heterocycles. The van der Waals surface area contributed by atoms with Gasteiger partial charge < -0.3 is 21.3 Å². The number of amides is 2. The number of benzene rings is 1. The second-order valence-electron chi connectivity index (χ2n) is 3.89. The van der Waals surface area contributed by atoms with E-state index in [4.69, 9.17) is 15.9 Å². The average Bonchev–Trinajstić information content (AvgIpc) is 2.43. The fourth-order valence-electron chi connectivity index (χ4n) is 1.33. The van der Waals surface area contributed by atoms with Gasteiger partial charge in [0.25, 0.3) is 0 Å². The van der Waals surface area contributed by atoms with Gasteiger partial charge in [0, 0.05) is 11.6 Å². The maximum absolute atomic E-state index is 11.4. The van der Waals surface area contributed by atoms with Crippen molar-refractivity contribution >= 4 is 17.9 Å². The first kappa shape index (κ1) is 14.9. The Morgan fingerprint density at radius 2 is 1.79 bits per heavy atom. The zero-order valence-corrected chi connectivity index (χ0v) is 10.2. The topological polar surface area (TPSA) is 113 Å². The Balaban J connectivity index is 2.61. The average molecular weight is 264 g/mol. The summed E-state index contributed by atoms with van der Waals surface area (Å²) in [5.41, 5.74) is 6.22. The third-order valence-electron chi connectivity index (χ3n) is 2.41. The molecule has 0 saturated carbocycles. The van der Waals surface area contributed by atoms with Crippen molar-refractivity contribution < 1.29 is 19.8 Å². The summed E-state index contributed by atoms with van der Waals surface area (Å²) < 4.78 is 0. The van der Waals surface area contributed by atoms with Crippen LogP contribution in [0.15, 0.2) is 30.3 Å². The van der Waals surface area contributed by atoms with E-state index in [2.05, 4.69) is 5.32 Å². The molecule has 0 aliphatic carbocycles. The molecule has 0 aliphatic heterocycles. The van der Waals surface area contributed by atoms with E-state index in [9.17, 15) is 9.59 Å². The van der Waals surface area contributed by atoms with E-state index in [-0.39, 0.29) is 13.2 Å². The summed E-state index contributed by atoms with van der Waals surface area (Å²) >= 11 is 0. The van der Waals surface area contributed by atoms with Gasteiger partial charge in [-0.15, -0.1) is 0 Å². The zero-order chi connectivity index (χ0) is 14.3. The number of carbonyl (C=O) groups excluding carboxylic acids is 2. The van der Waals surface area contributed by atoms with Gasteiger partial charge in [-0.3, -0.25) is 9.59 Å². The van der Waals surface area contributed by atoms with Crippen molar-refractivity contribution in [3.05, 3.63) is 41.5 Å². The maximum Gasteiger partial charge on any atom is 0.248 e. The minimum Gasteiger partial charge on any atom is -0.394 e. The monoisotopic (exact) mass is 264 g/mol. The van der Waals surface area contributed by atoms with E-state index in [1.165, 1.54) is 6.08 Å². The van der Waals surface area contributed by atoms with Crippen LogP contribution < -0.4 is 11.1 Å². The van der Waals surface area contributed by atoms with Crippen LogP contribution in [-0.4, -0.2) is 41.3 Å². The fourth-order valence-corrected chi connectivity index (χ4v) is 1.33. The fraction of sp³-hybridized carbons (Fsp3) is 0.231. The number of aliphatic hydroxyl groups excluding tert-OH is 2. The number of rotatable bonds is 6. The molecule has 0 aromatic heterocycles. The van der Waals surface area contributed by atoms with Crippen molar-refractivity contribution in [2.24, 2.45) is 5.73 Å². The Labute approximate surface area is 110 Å². The Bertz CT molecular complexity index is 464. The Hall–Kier alpha value is -2.18. The lowest BCUT2D eigenvalue weighted by Crippen LogP contribution is -2.39. The van der Waals surface area contributed by atoms with Crippen LogP contribution in [0.3, 0.4) is 0 Å². The second kappa shape index (κ2) is 7.30. The molecule has 0 unspecified atom stereocenters. The van der Waals surface area contributed by atoms with Crippen molar-refractivity contribution in [2.75, 3.05) is 13.2 Å². The first-order chi connectivity index (χ1) is 9.06. The van der Waals surface area contributed by atoms with E-state index in [0.29, 0.717) is 5.56 Å². The van der Waals surface area contributed by atoms with Gasteiger partial charge in [0.15, 0.2) is 0 Å². The number of nitrogens with two attached hydrogens (primary N) is 1. The Morgan fingerprint density at radius 1 is 1.21 bits per heavy atom. The summed E-state index contributed by atoms with van der Waals surface area (Å²) in [6.45, 7) is -0.660. The quantitative estimate of drug-likeness (QED) is 0.507. The van der Waals surface area contributed by atoms with Gasteiger partial charge in [0.1, 0.15) is 0 Å². The molecule has 6 nitrogen and oxygen atoms in total. The van der Waals surface area contributed by atoms with Crippen LogP contribution in [0.5, 0.6) is 0 Å². The van der Waals surface area contributed by atoms with Gasteiger partial charge in [-0.2, -0.15) is 0 Å². The molecule has 102 valence electrons. The first-order valence-electron chi connectivity index (χ1n) is 5.67. The van der Waals surface area contributed by atoms with Crippen molar-refractivity contribution in [1.29, 1.82) is 0 Å². The molecule has 6 heteroatoms. The summed E-state index contributed by atoms with van der Waals surface area (Å²) in [7, 11) is 0. The number of carbonyl (C=O) groups is 2. The molecule has 0 radical (unpaired) electrons. The predicted molar refractivity (Wildman–Crippen MR) is 70.1 cm³/mol. The number of nitrogens with one attached hydrogen (secondary N) is 1. The lowest BCUT2D eigenvalue weighted by Gasteiger charge is -2.10. The van der Waals surface area contributed by atoms with Crippen LogP contribution >= 0.6 is 0 Å². The molecule has 0 aliphatic rings. The predicted octanol–water partition coefficient (Wildman–Crippen LogP) is -0.732. The standard InChI is InChI=1S/C13H16N2O4/c14-13(19)10-4-1-9(2-5-10)3-6-12(18)15-11(7-16)8-17/h1-6,11,16-17H,7-8H2,(H2,14,19)(H,15,18). The first-order valence-corrected chi connectivity index (χ1v) is 5.67. The van der Waals surface area contributed by atoms with Gasteiger partial charge in [-0.1, -0.05) is 12.1 Å². The third kappa shape index (κ3) is 4.90. The summed E-state index contributed by atoms with van der Waals surface area (Å²) in [6, 6.07) is 5.75. The number of aliphatic hydroxyl groups is 2. The van der Waals surface area contributed by atoms with Crippen molar-refractivity contribution in [3.8, 4) is 0 Å². The van der Waals surface area contributed by atoms with Crippen LogP contribution in [0.2, 0.25) is 0 Å². The summed E-state index contributed by atoms with van der Waals surface area (Å²) in [6.07, 6.45) is 2.82. The molecule has 1 rings (SSSR count). The van der Waals surface area contributed by atoms with Gasteiger partial charge in [0.2, 0.25) is 11.8 Å². The zero-order valence-electron chi connectivity index (χ0n) is 10.2. The highest BCUT2D eigenvalue weighted by molar-refractivity contribution is 5.94. The minimum atomic E-state index is -0.672. The molecule has 5 N–H and O–H groups in total. The van der Waals surface area contributed by atoms with Crippen LogP contribution in [-0.2, 0) is 4.79 Å². The van der Waals surface area contributed by atoms with E-state index >= 15 is 0 Å². The Kier molecular flexibility index (Phi) is 5.72. The van der Waals surface area contributed by atoms with Crippen LogP contribution in [0.1, 0.15) is 15.9 Å². The highest BCUT2D eigenvalue weighted by Gasteiger charge is 2.07. The molecular weight excluding hydrogens is 248 g/mol. The minimum absolute atomic E-state index is 0.330. The SMILES string of the molecule is NC(=O)c1ccc(C=CC(=O)NC(CO)CO)cc1. The maximum atomic E-state index is 11.4. The summed E-state index contributed by atoms with van der Waals surface area (Å²) in [4.78, 5) is 22.3. The second-order valence-corrected chi connectivity index (χ2v) is 3.89. The molecule has 0 atom stereocenters. The van der Waals surface area contributed by atoms with E-state index < -0.39 is 17.9 Å². The molecule has 2 amide bonds. The van der Waals surface area contributed by atoms with Crippen LogP contribution in [0.4, 0.5) is 0 Å². The van der Waals surface area contributed by atoms with Crippen LogP contribution in [0.25, 0.3) is 6.08 Å². The van der Waals surface area contributed by atoms with Gasteiger partial charge in [0.05, 0.1) is 19.3 Å². The van der Waals surface area contributed by atoms with Gasteiger partial charge in [-0.05, 0) is 23.8 Å². The summed E-state index contributed by atoms with van der Waals surface area (Å²) in [5, 5.41) is 20.0. The molecule has 0 saturated heterocycles. The third-order valence-corrected chi connectivity index (χ3v) is 2.41. The van der Waals surface area contributed by atoms with E-state index in [1.807, 2.05) is 0 Å². The van der Waals surface area contributed by atoms with Gasteiger partial charge >= 0.3 is 0 Å². The van der Waals surface area contributed by atoms with E-state index in [1.54, 1.807) is 30.3 Å². The molecular formula is C13H16N2O4.